The zero-order chi connectivity index (χ0) is 13.3. The third-order valence-electron chi connectivity index (χ3n) is 3.74. The number of anilines is 1. The first-order valence-corrected chi connectivity index (χ1v) is 8.18. The predicted molar refractivity (Wildman–Crippen MR) is 82.8 cm³/mol. The lowest BCUT2D eigenvalue weighted by molar-refractivity contribution is 0.644. The summed E-state index contributed by atoms with van der Waals surface area (Å²) in [4.78, 5) is 6.97. The fraction of sp³-hybridized carbons (Fsp3) is 0.667. The lowest BCUT2D eigenvalue weighted by atomic mass is 10.1. The number of nitrogens with one attached hydrogen (secondary N) is 1. The average molecular weight is 277 g/mol. The summed E-state index contributed by atoms with van der Waals surface area (Å²) >= 11 is 2.08. The zero-order valence-corrected chi connectivity index (χ0v) is 12.7. The number of rotatable bonds is 4. The van der Waals surface area contributed by atoms with Crippen molar-refractivity contribution in [2.45, 2.75) is 44.0 Å². The molecule has 1 aromatic rings. The molecule has 2 fully saturated rings. The van der Waals surface area contributed by atoms with E-state index in [1.807, 2.05) is 6.20 Å². The zero-order valence-electron chi connectivity index (χ0n) is 11.9. The lowest BCUT2D eigenvalue weighted by Gasteiger charge is -2.39. The number of pyridine rings is 1. The Kier molecular flexibility index (Phi) is 3.72. The summed E-state index contributed by atoms with van der Waals surface area (Å²) in [5.41, 5.74) is 2.50. The number of nitrogens with zero attached hydrogens (tertiary/aromatic N) is 2. The molecule has 1 aromatic heterocycles. The fourth-order valence-electron chi connectivity index (χ4n) is 2.53. The molecule has 3 nitrogen and oxygen atoms in total. The lowest BCUT2D eigenvalue weighted by Crippen LogP contribution is -2.43. The van der Waals surface area contributed by atoms with E-state index in [0.717, 1.165) is 25.7 Å². The number of aromatic nitrogens is 1. The molecule has 2 aliphatic rings. The molecule has 4 heteroatoms. The van der Waals surface area contributed by atoms with Crippen LogP contribution in [0.5, 0.6) is 0 Å². The Labute approximate surface area is 120 Å². The number of thioether (sulfide) groups is 1. The summed E-state index contributed by atoms with van der Waals surface area (Å²) in [6.07, 6.45) is 4.61. The Morgan fingerprint density at radius 1 is 1.47 bits per heavy atom. The van der Waals surface area contributed by atoms with E-state index >= 15 is 0 Å². The van der Waals surface area contributed by atoms with Gasteiger partial charge in [-0.2, -0.15) is 11.8 Å². The number of hydrogen-bond acceptors (Lipinski definition) is 4. The third-order valence-corrected chi connectivity index (χ3v) is 5.04. The van der Waals surface area contributed by atoms with Gasteiger partial charge in [-0.15, -0.1) is 0 Å². The van der Waals surface area contributed by atoms with E-state index < -0.39 is 0 Å². The van der Waals surface area contributed by atoms with Crippen molar-refractivity contribution in [1.29, 1.82) is 0 Å². The van der Waals surface area contributed by atoms with Crippen LogP contribution in [0, 0.1) is 0 Å². The molecule has 0 unspecified atom stereocenters. The van der Waals surface area contributed by atoms with Gasteiger partial charge in [-0.1, -0.05) is 0 Å². The van der Waals surface area contributed by atoms with Crippen molar-refractivity contribution in [1.82, 2.24) is 10.3 Å². The van der Waals surface area contributed by atoms with Crippen LogP contribution in [0.15, 0.2) is 18.3 Å². The van der Waals surface area contributed by atoms with E-state index in [0.29, 0.717) is 4.75 Å². The molecule has 0 bridgehead atoms. The van der Waals surface area contributed by atoms with E-state index in [2.05, 4.69) is 52.9 Å². The van der Waals surface area contributed by atoms with Crippen LogP contribution in [-0.4, -0.2) is 34.6 Å². The molecule has 0 spiro atoms. The maximum atomic E-state index is 4.48. The van der Waals surface area contributed by atoms with E-state index in [1.54, 1.807) is 0 Å². The van der Waals surface area contributed by atoms with Crippen LogP contribution in [0.4, 0.5) is 5.69 Å². The second kappa shape index (κ2) is 5.33. The number of hydrogen-bond donors (Lipinski definition) is 1. The van der Waals surface area contributed by atoms with Crippen LogP contribution in [-0.2, 0) is 6.54 Å². The molecule has 0 amide bonds. The predicted octanol–water partition coefficient (Wildman–Crippen LogP) is 2.67. The summed E-state index contributed by atoms with van der Waals surface area (Å²) in [5.74, 6) is 1.21. The SMILES string of the molecule is CC1(C)CN(c2ccnc(CNC3CC3)c2)CCS1. The van der Waals surface area contributed by atoms with Crippen molar-refractivity contribution in [2.75, 3.05) is 23.7 Å². The van der Waals surface area contributed by atoms with E-state index in [-0.39, 0.29) is 0 Å². The van der Waals surface area contributed by atoms with Gasteiger partial charge in [-0.05, 0) is 38.8 Å². The maximum Gasteiger partial charge on any atom is 0.0562 e. The normalized spacial score (nSPS) is 22.5. The minimum Gasteiger partial charge on any atom is -0.369 e. The van der Waals surface area contributed by atoms with Gasteiger partial charge in [-0.3, -0.25) is 4.98 Å². The molecule has 2 heterocycles. The van der Waals surface area contributed by atoms with Crippen molar-refractivity contribution in [3.8, 4) is 0 Å². The van der Waals surface area contributed by atoms with Crippen LogP contribution in [0.2, 0.25) is 0 Å². The molecule has 19 heavy (non-hydrogen) atoms. The fourth-order valence-corrected chi connectivity index (χ4v) is 3.64. The Morgan fingerprint density at radius 2 is 2.32 bits per heavy atom. The Hall–Kier alpha value is -0.740. The van der Waals surface area contributed by atoms with Crippen molar-refractivity contribution in [3.05, 3.63) is 24.0 Å². The molecule has 1 saturated heterocycles. The van der Waals surface area contributed by atoms with Gasteiger partial charge >= 0.3 is 0 Å². The molecule has 1 saturated carbocycles. The van der Waals surface area contributed by atoms with Gasteiger partial charge in [0.15, 0.2) is 0 Å². The standard InChI is InChI=1S/C15H23N3S/c1-15(2)11-18(7-8-19-15)14-5-6-16-13(9-14)10-17-12-3-4-12/h5-6,9,12,17H,3-4,7-8,10-11H2,1-2H3. The van der Waals surface area contributed by atoms with Gasteiger partial charge < -0.3 is 10.2 Å². The van der Waals surface area contributed by atoms with Crippen molar-refractivity contribution >= 4 is 17.4 Å². The van der Waals surface area contributed by atoms with Gasteiger partial charge in [0.2, 0.25) is 0 Å². The van der Waals surface area contributed by atoms with Crippen molar-refractivity contribution in [2.24, 2.45) is 0 Å². The summed E-state index contributed by atoms with van der Waals surface area (Å²) in [6, 6.07) is 5.14. The van der Waals surface area contributed by atoms with Crippen LogP contribution < -0.4 is 10.2 Å². The van der Waals surface area contributed by atoms with Gasteiger partial charge in [0.05, 0.1) is 5.69 Å². The van der Waals surface area contributed by atoms with Gasteiger partial charge in [0, 0.05) is 48.1 Å². The summed E-state index contributed by atoms with van der Waals surface area (Å²) < 4.78 is 0.355. The molecular formula is C15H23N3S. The smallest absolute Gasteiger partial charge is 0.0562 e. The molecule has 104 valence electrons. The van der Waals surface area contributed by atoms with Crippen molar-refractivity contribution in [3.63, 3.8) is 0 Å². The van der Waals surface area contributed by atoms with Crippen LogP contribution in [0.1, 0.15) is 32.4 Å². The topological polar surface area (TPSA) is 28.2 Å². The van der Waals surface area contributed by atoms with Gasteiger partial charge in [0.1, 0.15) is 0 Å². The molecular weight excluding hydrogens is 254 g/mol. The first-order chi connectivity index (χ1) is 9.12. The minimum absolute atomic E-state index is 0.355. The average Bonchev–Trinajstić information content (AvgIpc) is 3.20. The Balaban J connectivity index is 1.67. The Bertz CT molecular complexity index is 443. The van der Waals surface area contributed by atoms with E-state index in [9.17, 15) is 0 Å². The molecule has 0 aromatic carbocycles. The largest absolute Gasteiger partial charge is 0.369 e. The molecule has 0 atom stereocenters. The summed E-state index contributed by atoms with van der Waals surface area (Å²) in [7, 11) is 0. The highest BCUT2D eigenvalue weighted by Gasteiger charge is 2.27. The second-order valence-electron chi connectivity index (χ2n) is 6.19. The third kappa shape index (κ3) is 3.63. The Morgan fingerprint density at radius 3 is 3.05 bits per heavy atom. The highest BCUT2D eigenvalue weighted by atomic mass is 32.2. The summed E-state index contributed by atoms with van der Waals surface area (Å²) in [6.45, 7) is 7.84. The molecule has 1 aliphatic heterocycles. The van der Waals surface area contributed by atoms with Crippen LogP contribution in [0.25, 0.3) is 0 Å². The highest BCUT2D eigenvalue weighted by Crippen LogP contribution is 2.32. The molecule has 3 rings (SSSR count). The maximum absolute atomic E-state index is 4.48. The second-order valence-corrected chi connectivity index (χ2v) is 7.99. The van der Waals surface area contributed by atoms with Crippen LogP contribution in [0.3, 0.4) is 0 Å². The highest BCUT2D eigenvalue weighted by molar-refractivity contribution is 8.00. The van der Waals surface area contributed by atoms with Crippen molar-refractivity contribution < 1.29 is 0 Å². The quantitative estimate of drug-likeness (QED) is 0.916. The van der Waals surface area contributed by atoms with Gasteiger partial charge in [0.25, 0.3) is 0 Å². The van der Waals surface area contributed by atoms with E-state index in [4.69, 9.17) is 0 Å². The van der Waals surface area contributed by atoms with E-state index in [1.165, 1.54) is 30.0 Å². The monoisotopic (exact) mass is 277 g/mol. The first kappa shape index (κ1) is 13.3. The molecule has 0 radical (unpaired) electrons. The minimum atomic E-state index is 0.355. The molecule has 1 aliphatic carbocycles. The molecule has 1 N–H and O–H groups in total. The van der Waals surface area contributed by atoms with Gasteiger partial charge in [-0.25, -0.2) is 0 Å². The summed E-state index contributed by atoms with van der Waals surface area (Å²) in [5, 5.41) is 3.53. The first-order valence-electron chi connectivity index (χ1n) is 7.20. The van der Waals surface area contributed by atoms with Crippen LogP contribution >= 0.6 is 11.8 Å².